The third kappa shape index (κ3) is 6.43. The first-order chi connectivity index (χ1) is 13.3. The van der Waals surface area contributed by atoms with Crippen molar-refractivity contribution in [3.05, 3.63) is 24.3 Å². The van der Waals surface area contributed by atoms with E-state index in [-0.39, 0.29) is 17.7 Å². The molecule has 0 aliphatic carbocycles. The molecule has 1 unspecified atom stereocenters. The molecule has 6 nitrogen and oxygen atoms in total. The van der Waals surface area contributed by atoms with Crippen LogP contribution in [0.25, 0.3) is 0 Å². The minimum atomic E-state index is -0.337. The fourth-order valence-corrected chi connectivity index (χ4v) is 3.65. The molecule has 1 aliphatic heterocycles. The van der Waals surface area contributed by atoms with Crippen molar-refractivity contribution >= 4 is 23.2 Å². The maximum Gasteiger partial charge on any atom is 0.222 e. The number of amides is 2. The van der Waals surface area contributed by atoms with Crippen molar-refractivity contribution in [2.75, 3.05) is 30.3 Å². The van der Waals surface area contributed by atoms with Crippen LogP contribution in [0, 0.1) is 11.8 Å². The number of carbonyl (C=O) groups excluding carboxylic acids is 2. The van der Waals surface area contributed by atoms with Crippen LogP contribution in [0.4, 0.5) is 11.4 Å². The smallest absolute Gasteiger partial charge is 0.222 e. The lowest BCUT2D eigenvalue weighted by atomic mass is 9.99. The van der Waals surface area contributed by atoms with Crippen LogP contribution in [0.15, 0.2) is 24.3 Å². The van der Waals surface area contributed by atoms with Crippen LogP contribution >= 0.6 is 0 Å². The molecule has 156 valence electrons. The van der Waals surface area contributed by atoms with Gasteiger partial charge in [-0.2, -0.15) is 0 Å². The summed E-state index contributed by atoms with van der Waals surface area (Å²) < 4.78 is 0. The van der Waals surface area contributed by atoms with Gasteiger partial charge in [-0.05, 0) is 55.9 Å². The monoisotopic (exact) mass is 388 g/mol. The molecule has 1 atom stereocenters. The predicted molar refractivity (Wildman–Crippen MR) is 115 cm³/mol. The standard InChI is InChI=1S/C22H36N4O2/c1-16(2)10-15-26(19-7-5-18(23)6-8-19)20-11-13-25(14-12-20)21(27)9-4-17(3)22(24)28/h5-8,16-17,20H,4,9-15,23H2,1-3H3,(H2,24,28). The van der Waals surface area contributed by atoms with Gasteiger partial charge in [0.25, 0.3) is 0 Å². The molecule has 0 aromatic heterocycles. The van der Waals surface area contributed by atoms with E-state index in [1.54, 1.807) is 6.92 Å². The van der Waals surface area contributed by atoms with Gasteiger partial charge in [0, 0.05) is 49.4 Å². The Morgan fingerprint density at radius 2 is 1.71 bits per heavy atom. The van der Waals surface area contributed by atoms with E-state index >= 15 is 0 Å². The molecule has 1 fully saturated rings. The average Bonchev–Trinajstić information content (AvgIpc) is 2.67. The third-order valence-corrected chi connectivity index (χ3v) is 5.71. The summed E-state index contributed by atoms with van der Waals surface area (Å²) in [6, 6.07) is 8.53. The number of nitrogens with two attached hydrogens (primary N) is 2. The van der Waals surface area contributed by atoms with Gasteiger partial charge < -0.3 is 21.3 Å². The molecule has 4 N–H and O–H groups in total. The minimum Gasteiger partial charge on any atom is -0.399 e. The number of anilines is 2. The normalized spacial score (nSPS) is 16.2. The summed E-state index contributed by atoms with van der Waals surface area (Å²) in [6.45, 7) is 8.81. The van der Waals surface area contributed by atoms with Crippen LogP contribution < -0.4 is 16.4 Å². The van der Waals surface area contributed by atoms with Crippen molar-refractivity contribution in [2.45, 2.75) is 58.9 Å². The summed E-state index contributed by atoms with van der Waals surface area (Å²) in [7, 11) is 0. The van der Waals surface area contributed by atoms with Gasteiger partial charge in [0.1, 0.15) is 0 Å². The molecule has 0 saturated carbocycles. The molecule has 1 heterocycles. The van der Waals surface area contributed by atoms with Gasteiger partial charge in [-0.15, -0.1) is 0 Å². The number of nitrogen functional groups attached to an aromatic ring is 1. The molecule has 2 rings (SSSR count). The predicted octanol–water partition coefficient (Wildman–Crippen LogP) is 3.01. The Morgan fingerprint density at radius 3 is 2.25 bits per heavy atom. The molecule has 1 aliphatic rings. The van der Waals surface area contributed by atoms with Gasteiger partial charge in [0.05, 0.1) is 0 Å². The van der Waals surface area contributed by atoms with E-state index in [1.165, 1.54) is 5.69 Å². The zero-order chi connectivity index (χ0) is 20.7. The Hall–Kier alpha value is -2.24. The van der Waals surface area contributed by atoms with Gasteiger partial charge in [-0.25, -0.2) is 0 Å². The second kappa shape index (κ2) is 10.3. The molecule has 2 amide bonds. The number of primary amides is 1. The summed E-state index contributed by atoms with van der Waals surface area (Å²) in [5.41, 5.74) is 13.1. The number of piperidine rings is 1. The van der Waals surface area contributed by atoms with E-state index in [0.717, 1.165) is 44.6 Å². The Kier molecular flexibility index (Phi) is 8.15. The molecule has 0 radical (unpaired) electrons. The number of benzene rings is 1. The summed E-state index contributed by atoms with van der Waals surface area (Å²) >= 11 is 0. The number of nitrogens with zero attached hydrogens (tertiary/aromatic N) is 2. The van der Waals surface area contributed by atoms with Crippen LogP contribution in [-0.2, 0) is 9.59 Å². The maximum absolute atomic E-state index is 12.5. The largest absolute Gasteiger partial charge is 0.399 e. The Balaban J connectivity index is 1.94. The van der Waals surface area contributed by atoms with Gasteiger partial charge in [-0.1, -0.05) is 20.8 Å². The average molecular weight is 389 g/mol. The van der Waals surface area contributed by atoms with Crippen LogP contribution in [0.2, 0.25) is 0 Å². The highest BCUT2D eigenvalue weighted by molar-refractivity contribution is 5.79. The second-order valence-electron chi connectivity index (χ2n) is 8.42. The SMILES string of the molecule is CC(C)CCN(c1ccc(N)cc1)C1CCN(C(=O)CCC(C)C(N)=O)CC1. The molecule has 0 spiro atoms. The summed E-state index contributed by atoms with van der Waals surface area (Å²) in [5.74, 6) is 0.187. The van der Waals surface area contributed by atoms with Crippen LogP contribution in [0.3, 0.4) is 0 Å². The van der Waals surface area contributed by atoms with Crippen molar-refractivity contribution in [2.24, 2.45) is 17.6 Å². The number of carbonyl (C=O) groups is 2. The molecule has 1 aromatic rings. The molecule has 28 heavy (non-hydrogen) atoms. The lowest BCUT2D eigenvalue weighted by molar-refractivity contribution is -0.132. The van der Waals surface area contributed by atoms with Gasteiger partial charge >= 0.3 is 0 Å². The van der Waals surface area contributed by atoms with E-state index in [2.05, 4.69) is 30.9 Å². The second-order valence-corrected chi connectivity index (χ2v) is 8.42. The highest BCUT2D eigenvalue weighted by atomic mass is 16.2. The van der Waals surface area contributed by atoms with Gasteiger partial charge in [0.15, 0.2) is 0 Å². The highest BCUT2D eigenvalue weighted by Crippen LogP contribution is 2.26. The topological polar surface area (TPSA) is 92.7 Å². The Labute approximate surface area is 169 Å². The molecule has 1 saturated heterocycles. The highest BCUT2D eigenvalue weighted by Gasteiger charge is 2.27. The van der Waals surface area contributed by atoms with Crippen molar-refractivity contribution in [3.8, 4) is 0 Å². The lowest BCUT2D eigenvalue weighted by Gasteiger charge is -2.40. The van der Waals surface area contributed by atoms with E-state index in [1.807, 2.05) is 17.0 Å². The number of rotatable bonds is 9. The van der Waals surface area contributed by atoms with E-state index in [0.29, 0.717) is 24.8 Å². The summed E-state index contributed by atoms with van der Waals surface area (Å²) in [6.07, 6.45) is 3.97. The molecular weight excluding hydrogens is 352 g/mol. The quantitative estimate of drug-likeness (QED) is 0.636. The zero-order valence-electron chi connectivity index (χ0n) is 17.6. The first-order valence-electron chi connectivity index (χ1n) is 10.5. The Bertz CT molecular complexity index is 636. The van der Waals surface area contributed by atoms with Gasteiger partial charge in [0.2, 0.25) is 11.8 Å². The lowest BCUT2D eigenvalue weighted by Crippen LogP contribution is -2.47. The first kappa shape index (κ1) is 22.1. The third-order valence-electron chi connectivity index (χ3n) is 5.71. The fourth-order valence-electron chi connectivity index (χ4n) is 3.65. The molecular formula is C22H36N4O2. The van der Waals surface area contributed by atoms with Crippen molar-refractivity contribution in [1.29, 1.82) is 0 Å². The maximum atomic E-state index is 12.5. The summed E-state index contributed by atoms with van der Waals surface area (Å²) in [5, 5.41) is 0. The fraction of sp³-hybridized carbons (Fsp3) is 0.636. The van der Waals surface area contributed by atoms with Crippen molar-refractivity contribution in [1.82, 2.24) is 4.90 Å². The van der Waals surface area contributed by atoms with Crippen molar-refractivity contribution in [3.63, 3.8) is 0 Å². The summed E-state index contributed by atoms with van der Waals surface area (Å²) in [4.78, 5) is 28.0. The van der Waals surface area contributed by atoms with Crippen molar-refractivity contribution < 1.29 is 9.59 Å². The molecule has 0 bridgehead atoms. The molecule has 6 heteroatoms. The number of likely N-dealkylation sites (tertiary alicyclic amines) is 1. The van der Waals surface area contributed by atoms with Crippen LogP contribution in [0.1, 0.15) is 52.9 Å². The number of hydrogen-bond acceptors (Lipinski definition) is 4. The minimum absolute atomic E-state index is 0.132. The Morgan fingerprint density at radius 1 is 1.11 bits per heavy atom. The zero-order valence-corrected chi connectivity index (χ0v) is 17.6. The first-order valence-corrected chi connectivity index (χ1v) is 10.5. The van der Waals surface area contributed by atoms with E-state index in [9.17, 15) is 9.59 Å². The van der Waals surface area contributed by atoms with E-state index in [4.69, 9.17) is 11.5 Å². The van der Waals surface area contributed by atoms with Crippen LogP contribution in [-0.4, -0.2) is 42.4 Å². The molecule has 1 aromatic carbocycles. The van der Waals surface area contributed by atoms with Gasteiger partial charge in [-0.3, -0.25) is 9.59 Å². The van der Waals surface area contributed by atoms with Crippen LogP contribution in [0.5, 0.6) is 0 Å². The number of hydrogen-bond donors (Lipinski definition) is 2. The van der Waals surface area contributed by atoms with E-state index < -0.39 is 0 Å².